The van der Waals surface area contributed by atoms with Gasteiger partial charge in [-0.25, -0.2) is 9.97 Å². The predicted octanol–water partition coefficient (Wildman–Crippen LogP) is 0.646. The van der Waals surface area contributed by atoms with Gasteiger partial charge >= 0.3 is 0 Å². The van der Waals surface area contributed by atoms with E-state index in [0.29, 0.717) is 0 Å². The van der Waals surface area contributed by atoms with Gasteiger partial charge in [-0.05, 0) is 20.5 Å². The van der Waals surface area contributed by atoms with Gasteiger partial charge in [0.15, 0.2) is 0 Å². The number of aromatic nitrogens is 2. The highest BCUT2D eigenvalue weighted by Gasteiger charge is 2.18. The second kappa shape index (κ2) is 6.11. The van der Waals surface area contributed by atoms with Crippen molar-refractivity contribution >= 4 is 5.95 Å². The molecule has 0 unspecified atom stereocenters. The van der Waals surface area contributed by atoms with E-state index in [1.54, 1.807) is 0 Å². The lowest BCUT2D eigenvalue weighted by Crippen LogP contribution is -2.46. The summed E-state index contributed by atoms with van der Waals surface area (Å²) >= 11 is 0. The summed E-state index contributed by atoms with van der Waals surface area (Å²) in [7, 11) is 1.94. The van der Waals surface area contributed by atoms with Crippen LogP contribution in [0.5, 0.6) is 0 Å². The van der Waals surface area contributed by atoms with Crippen LogP contribution in [-0.4, -0.2) is 54.6 Å². The van der Waals surface area contributed by atoms with Gasteiger partial charge in [-0.15, -0.1) is 0 Å². The molecule has 0 aromatic carbocycles. The summed E-state index contributed by atoms with van der Waals surface area (Å²) in [5.74, 6) is 0.878. The quantitative estimate of drug-likeness (QED) is 0.848. The van der Waals surface area contributed by atoms with Gasteiger partial charge in [0.1, 0.15) is 0 Å². The Bertz CT molecular complexity index is 385. The second-order valence-corrected chi connectivity index (χ2v) is 4.73. The Morgan fingerprint density at radius 1 is 1.28 bits per heavy atom. The van der Waals surface area contributed by atoms with Crippen LogP contribution in [0.1, 0.15) is 18.2 Å². The highest BCUT2D eigenvalue weighted by atomic mass is 15.3. The molecule has 0 radical (unpaired) electrons. The fraction of sp³-hybridized carbons (Fsp3) is 0.692. The van der Waals surface area contributed by atoms with Crippen molar-refractivity contribution in [2.45, 2.75) is 20.4 Å². The van der Waals surface area contributed by atoms with Crippen LogP contribution in [0, 0.1) is 6.92 Å². The van der Waals surface area contributed by atoms with E-state index >= 15 is 0 Å². The molecule has 2 rings (SSSR count). The summed E-state index contributed by atoms with van der Waals surface area (Å²) in [6.07, 6.45) is 1.94. The summed E-state index contributed by atoms with van der Waals surface area (Å²) in [5.41, 5.74) is 2.25. The largest absolute Gasteiger partial charge is 0.338 e. The van der Waals surface area contributed by atoms with Gasteiger partial charge in [-0.2, -0.15) is 0 Å². The van der Waals surface area contributed by atoms with E-state index in [2.05, 4.69) is 38.9 Å². The first-order valence-corrected chi connectivity index (χ1v) is 6.69. The number of aryl methyl sites for hydroxylation is 1. The Morgan fingerprint density at radius 3 is 2.56 bits per heavy atom. The number of nitrogens with zero attached hydrogens (tertiary/aromatic N) is 4. The zero-order valence-electron chi connectivity index (χ0n) is 11.6. The van der Waals surface area contributed by atoms with Gasteiger partial charge in [-0.3, -0.25) is 0 Å². The zero-order valence-corrected chi connectivity index (χ0v) is 11.6. The van der Waals surface area contributed by atoms with Crippen LogP contribution in [0.4, 0.5) is 5.95 Å². The first-order valence-electron chi connectivity index (χ1n) is 6.69. The van der Waals surface area contributed by atoms with Crippen molar-refractivity contribution in [3.8, 4) is 0 Å². The molecule has 5 nitrogen and oxygen atoms in total. The van der Waals surface area contributed by atoms with Crippen molar-refractivity contribution in [1.82, 2.24) is 20.2 Å². The Balaban J connectivity index is 2.03. The number of hydrogen-bond donors (Lipinski definition) is 1. The maximum atomic E-state index is 4.62. The molecule has 1 N–H and O–H groups in total. The summed E-state index contributed by atoms with van der Waals surface area (Å²) in [5, 5.41) is 3.14. The van der Waals surface area contributed by atoms with Crippen LogP contribution in [0.2, 0.25) is 0 Å². The summed E-state index contributed by atoms with van der Waals surface area (Å²) < 4.78 is 0. The molecular weight excluding hydrogens is 226 g/mol. The first-order chi connectivity index (χ1) is 8.74. The lowest BCUT2D eigenvalue weighted by Gasteiger charge is -2.34. The molecule has 2 heterocycles. The molecule has 100 valence electrons. The molecule has 1 fully saturated rings. The molecule has 1 saturated heterocycles. The molecule has 1 aromatic rings. The van der Waals surface area contributed by atoms with Gasteiger partial charge in [-0.1, -0.05) is 6.92 Å². The van der Waals surface area contributed by atoms with E-state index in [1.165, 1.54) is 5.56 Å². The highest BCUT2D eigenvalue weighted by molar-refractivity contribution is 5.33. The van der Waals surface area contributed by atoms with Crippen molar-refractivity contribution in [3.05, 3.63) is 17.5 Å². The molecule has 0 bridgehead atoms. The Morgan fingerprint density at radius 2 is 2.00 bits per heavy atom. The van der Waals surface area contributed by atoms with E-state index in [1.807, 2.05) is 13.2 Å². The lowest BCUT2D eigenvalue weighted by molar-refractivity contribution is 0.270. The molecule has 0 amide bonds. The van der Waals surface area contributed by atoms with Gasteiger partial charge in [0, 0.05) is 50.2 Å². The molecule has 1 aromatic heterocycles. The number of hydrogen-bond acceptors (Lipinski definition) is 5. The maximum absolute atomic E-state index is 4.62. The van der Waals surface area contributed by atoms with Crippen LogP contribution in [0.25, 0.3) is 0 Å². The van der Waals surface area contributed by atoms with Crippen LogP contribution in [-0.2, 0) is 6.54 Å². The molecule has 18 heavy (non-hydrogen) atoms. The third kappa shape index (κ3) is 2.97. The fourth-order valence-corrected chi connectivity index (χ4v) is 2.26. The fourth-order valence-electron chi connectivity index (χ4n) is 2.26. The number of rotatable bonds is 4. The normalized spacial score (nSPS) is 17.2. The van der Waals surface area contributed by atoms with Crippen LogP contribution in [0.15, 0.2) is 6.20 Å². The van der Waals surface area contributed by atoms with Crippen molar-refractivity contribution in [3.63, 3.8) is 0 Å². The average molecular weight is 249 g/mol. The minimum atomic E-state index is 0.829. The molecule has 1 aliphatic heterocycles. The molecule has 5 heteroatoms. The van der Waals surface area contributed by atoms with Crippen LogP contribution >= 0.6 is 0 Å². The summed E-state index contributed by atoms with van der Waals surface area (Å²) in [6, 6.07) is 0. The predicted molar refractivity (Wildman–Crippen MR) is 73.9 cm³/mol. The maximum Gasteiger partial charge on any atom is 0.225 e. The van der Waals surface area contributed by atoms with Crippen LogP contribution in [0.3, 0.4) is 0 Å². The number of nitrogens with one attached hydrogen (secondary N) is 1. The van der Waals surface area contributed by atoms with Crippen LogP contribution < -0.4 is 10.2 Å². The third-order valence-corrected chi connectivity index (χ3v) is 3.54. The standard InChI is InChI=1S/C13H23N5/c1-4-17-5-7-18(8-6-17)13-15-10-12(9-14-3)11(2)16-13/h10,14H,4-9H2,1-3H3. The highest BCUT2D eigenvalue weighted by Crippen LogP contribution is 2.13. The van der Waals surface area contributed by atoms with E-state index in [9.17, 15) is 0 Å². The van der Waals surface area contributed by atoms with Gasteiger partial charge < -0.3 is 15.1 Å². The van der Waals surface area contributed by atoms with Gasteiger partial charge in [0.25, 0.3) is 0 Å². The molecule has 1 aliphatic rings. The van der Waals surface area contributed by atoms with Gasteiger partial charge in [0.2, 0.25) is 5.95 Å². The number of piperazine rings is 1. The van der Waals surface area contributed by atoms with E-state index in [4.69, 9.17) is 0 Å². The van der Waals surface area contributed by atoms with E-state index in [0.717, 1.165) is 50.9 Å². The molecule has 0 spiro atoms. The molecule has 0 saturated carbocycles. The first kappa shape index (κ1) is 13.2. The molecule has 0 atom stereocenters. The second-order valence-electron chi connectivity index (χ2n) is 4.73. The molecular formula is C13H23N5. The summed E-state index contributed by atoms with van der Waals surface area (Å²) in [4.78, 5) is 13.8. The van der Waals surface area contributed by atoms with E-state index < -0.39 is 0 Å². The minimum Gasteiger partial charge on any atom is -0.338 e. The average Bonchev–Trinajstić information content (AvgIpc) is 2.41. The number of likely N-dealkylation sites (N-methyl/N-ethyl adjacent to an activating group) is 1. The minimum absolute atomic E-state index is 0.829. The monoisotopic (exact) mass is 249 g/mol. The van der Waals surface area contributed by atoms with E-state index in [-0.39, 0.29) is 0 Å². The molecule has 0 aliphatic carbocycles. The van der Waals surface area contributed by atoms with Crippen molar-refractivity contribution < 1.29 is 0 Å². The number of anilines is 1. The smallest absolute Gasteiger partial charge is 0.225 e. The van der Waals surface area contributed by atoms with Crippen molar-refractivity contribution in [1.29, 1.82) is 0 Å². The summed E-state index contributed by atoms with van der Waals surface area (Å²) in [6.45, 7) is 10.5. The van der Waals surface area contributed by atoms with Crippen molar-refractivity contribution in [2.24, 2.45) is 0 Å². The lowest BCUT2D eigenvalue weighted by atomic mass is 10.2. The Labute approximate surface area is 109 Å². The third-order valence-electron chi connectivity index (χ3n) is 3.54. The topological polar surface area (TPSA) is 44.3 Å². The zero-order chi connectivity index (χ0) is 13.0. The van der Waals surface area contributed by atoms with Crippen molar-refractivity contribution in [2.75, 3.05) is 44.7 Å². The Kier molecular flexibility index (Phi) is 4.49. The van der Waals surface area contributed by atoms with Gasteiger partial charge in [0.05, 0.1) is 0 Å². The SMILES string of the molecule is CCN1CCN(c2ncc(CNC)c(C)n2)CC1. The Hall–Kier alpha value is -1.20.